The van der Waals surface area contributed by atoms with Crippen molar-refractivity contribution in [2.45, 2.75) is 31.9 Å². The number of carbonyl (C=O) groups is 2. The summed E-state index contributed by atoms with van der Waals surface area (Å²) in [6, 6.07) is -0.321. The Morgan fingerprint density at radius 1 is 1.61 bits per heavy atom. The molecule has 1 unspecified atom stereocenters. The van der Waals surface area contributed by atoms with Crippen LogP contribution < -0.4 is 5.32 Å². The zero-order chi connectivity index (χ0) is 13.3. The van der Waals surface area contributed by atoms with Gasteiger partial charge in [0.1, 0.15) is 5.69 Å². The van der Waals surface area contributed by atoms with Gasteiger partial charge in [-0.25, -0.2) is 18.3 Å². The number of carboxylic acids is 1. The van der Waals surface area contributed by atoms with E-state index in [-0.39, 0.29) is 18.5 Å². The maximum atomic E-state index is 12.8. The maximum absolute atomic E-state index is 12.8. The molecule has 1 aliphatic rings. The highest BCUT2D eigenvalue weighted by atomic mass is 19.3. The van der Waals surface area contributed by atoms with Crippen molar-refractivity contribution >= 4 is 11.9 Å². The number of amides is 1. The minimum atomic E-state index is -2.98. The van der Waals surface area contributed by atoms with Crippen LogP contribution in [0.15, 0.2) is 0 Å². The van der Waals surface area contributed by atoms with E-state index < -0.39 is 23.8 Å². The minimum Gasteiger partial charge on any atom is -0.476 e. The molecule has 9 heteroatoms. The molecular formula is C9H10F2N4O3. The normalized spacial score (nSPS) is 19.3. The van der Waals surface area contributed by atoms with Crippen molar-refractivity contribution in [1.82, 2.24) is 20.3 Å². The molecule has 0 bridgehead atoms. The summed E-state index contributed by atoms with van der Waals surface area (Å²) in [6.07, 6.45) is -2.15. The molecule has 0 saturated carbocycles. The molecular weight excluding hydrogens is 250 g/mol. The molecule has 1 saturated heterocycles. The van der Waals surface area contributed by atoms with Crippen molar-refractivity contribution in [1.29, 1.82) is 0 Å². The molecule has 2 N–H and O–H groups in total. The molecule has 0 aliphatic carbocycles. The fourth-order valence-electron chi connectivity index (χ4n) is 1.85. The van der Waals surface area contributed by atoms with E-state index in [4.69, 9.17) is 5.11 Å². The molecule has 18 heavy (non-hydrogen) atoms. The number of hydrogen-bond donors (Lipinski definition) is 2. The standard InChI is InChI=1S/C9H10F2N4O3/c10-8(11)7-6(9(17)18)13-14-15(7)3-4-1-2-5(16)12-4/h4,8H,1-3H2,(H,12,16)(H,17,18). The van der Waals surface area contributed by atoms with Crippen LogP contribution in [-0.4, -0.2) is 38.0 Å². The second-order valence-corrected chi connectivity index (χ2v) is 3.91. The smallest absolute Gasteiger partial charge is 0.358 e. The third-order valence-electron chi connectivity index (χ3n) is 2.66. The summed E-state index contributed by atoms with van der Waals surface area (Å²) in [5, 5.41) is 17.9. The van der Waals surface area contributed by atoms with E-state index in [1.165, 1.54) is 0 Å². The Balaban J connectivity index is 2.22. The highest BCUT2D eigenvalue weighted by molar-refractivity contribution is 5.86. The van der Waals surface area contributed by atoms with Gasteiger partial charge in [-0.1, -0.05) is 5.21 Å². The lowest BCUT2D eigenvalue weighted by Crippen LogP contribution is -2.30. The van der Waals surface area contributed by atoms with Gasteiger partial charge < -0.3 is 10.4 Å². The molecule has 1 aliphatic heterocycles. The summed E-state index contributed by atoms with van der Waals surface area (Å²) in [6.45, 7) is -0.00824. The van der Waals surface area contributed by atoms with E-state index in [2.05, 4.69) is 15.6 Å². The molecule has 2 heterocycles. The number of halogens is 2. The monoisotopic (exact) mass is 260 g/mol. The van der Waals surface area contributed by atoms with Gasteiger partial charge in [-0.3, -0.25) is 4.79 Å². The lowest BCUT2D eigenvalue weighted by atomic mass is 10.2. The summed E-state index contributed by atoms with van der Waals surface area (Å²) >= 11 is 0. The van der Waals surface area contributed by atoms with Crippen molar-refractivity contribution < 1.29 is 23.5 Å². The fourth-order valence-corrected chi connectivity index (χ4v) is 1.85. The summed E-state index contributed by atoms with van der Waals surface area (Å²) < 4.78 is 26.4. The largest absolute Gasteiger partial charge is 0.476 e. The lowest BCUT2D eigenvalue weighted by Gasteiger charge is -2.11. The van der Waals surface area contributed by atoms with Gasteiger partial charge in [-0.05, 0) is 6.42 Å². The molecule has 1 amide bonds. The molecule has 2 rings (SSSR count). The number of aromatic nitrogens is 3. The molecule has 0 spiro atoms. The van der Waals surface area contributed by atoms with Crippen LogP contribution in [0.5, 0.6) is 0 Å². The number of carboxylic acid groups (broad SMARTS) is 1. The summed E-state index contributed by atoms with van der Waals surface area (Å²) in [5.74, 6) is -1.70. The van der Waals surface area contributed by atoms with Crippen molar-refractivity contribution in [3.8, 4) is 0 Å². The molecule has 98 valence electrons. The van der Waals surface area contributed by atoms with Gasteiger partial charge in [0, 0.05) is 12.5 Å². The lowest BCUT2D eigenvalue weighted by molar-refractivity contribution is -0.119. The second kappa shape index (κ2) is 4.67. The van der Waals surface area contributed by atoms with Crippen LogP contribution in [0.1, 0.15) is 35.4 Å². The van der Waals surface area contributed by atoms with Crippen molar-refractivity contribution in [2.24, 2.45) is 0 Å². The Morgan fingerprint density at radius 2 is 2.33 bits per heavy atom. The van der Waals surface area contributed by atoms with E-state index in [1.54, 1.807) is 0 Å². The molecule has 7 nitrogen and oxygen atoms in total. The topological polar surface area (TPSA) is 97.1 Å². The number of rotatable bonds is 4. The van der Waals surface area contributed by atoms with Gasteiger partial charge in [0.2, 0.25) is 5.91 Å². The van der Waals surface area contributed by atoms with Crippen molar-refractivity contribution in [3.05, 3.63) is 11.4 Å². The first-order chi connectivity index (χ1) is 8.49. The number of alkyl halides is 2. The molecule has 1 aromatic rings. The SMILES string of the molecule is O=C1CCC(Cn2nnc(C(=O)O)c2C(F)F)N1. The summed E-state index contributed by atoms with van der Waals surface area (Å²) in [4.78, 5) is 21.7. The Hall–Kier alpha value is -2.06. The minimum absolute atomic E-state index is 0.00824. The number of aromatic carboxylic acids is 1. The number of hydrogen-bond acceptors (Lipinski definition) is 4. The molecule has 1 fully saturated rings. The number of carbonyl (C=O) groups excluding carboxylic acids is 1. The van der Waals surface area contributed by atoms with E-state index >= 15 is 0 Å². The zero-order valence-electron chi connectivity index (χ0n) is 9.14. The van der Waals surface area contributed by atoms with E-state index in [0.29, 0.717) is 12.8 Å². The first-order valence-corrected chi connectivity index (χ1v) is 5.23. The summed E-state index contributed by atoms with van der Waals surface area (Å²) in [7, 11) is 0. The van der Waals surface area contributed by atoms with Gasteiger partial charge in [0.25, 0.3) is 6.43 Å². The van der Waals surface area contributed by atoms with Gasteiger partial charge >= 0.3 is 5.97 Å². The van der Waals surface area contributed by atoms with Gasteiger partial charge in [0.05, 0.1) is 6.54 Å². The van der Waals surface area contributed by atoms with E-state index in [0.717, 1.165) is 4.68 Å². The van der Waals surface area contributed by atoms with Crippen LogP contribution in [0.3, 0.4) is 0 Å². The average Bonchev–Trinajstić information content (AvgIpc) is 2.85. The average molecular weight is 260 g/mol. The molecule has 0 aromatic carbocycles. The summed E-state index contributed by atoms with van der Waals surface area (Å²) in [5.41, 5.74) is -1.49. The maximum Gasteiger partial charge on any atom is 0.358 e. The van der Waals surface area contributed by atoms with Gasteiger partial charge in [-0.2, -0.15) is 0 Å². The van der Waals surface area contributed by atoms with E-state index in [9.17, 15) is 18.4 Å². The van der Waals surface area contributed by atoms with Crippen LogP contribution in [-0.2, 0) is 11.3 Å². The quantitative estimate of drug-likeness (QED) is 0.805. The van der Waals surface area contributed by atoms with Crippen molar-refractivity contribution in [2.75, 3.05) is 0 Å². The van der Waals surface area contributed by atoms with Crippen LogP contribution in [0.2, 0.25) is 0 Å². The Kier molecular flexibility index (Phi) is 3.21. The van der Waals surface area contributed by atoms with Gasteiger partial charge in [-0.15, -0.1) is 5.10 Å². The first-order valence-electron chi connectivity index (χ1n) is 5.23. The second-order valence-electron chi connectivity index (χ2n) is 3.91. The number of nitrogens with zero attached hydrogens (tertiary/aromatic N) is 3. The molecule has 0 radical (unpaired) electrons. The fraction of sp³-hybridized carbons (Fsp3) is 0.556. The first kappa shape index (κ1) is 12.4. The van der Waals surface area contributed by atoms with Crippen LogP contribution >= 0.6 is 0 Å². The molecule has 1 atom stereocenters. The highest BCUT2D eigenvalue weighted by Crippen LogP contribution is 2.22. The Labute approximate surface area is 99.8 Å². The van der Waals surface area contributed by atoms with Crippen LogP contribution in [0.4, 0.5) is 8.78 Å². The Morgan fingerprint density at radius 3 is 2.83 bits per heavy atom. The predicted molar refractivity (Wildman–Crippen MR) is 53.1 cm³/mol. The van der Waals surface area contributed by atoms with Crippen molar-refractivity contribution in [3.63, 3.8) is 0 Å². The third kappa shape index (κ3) is 2.29. The van der Waals surface area contributed by atoms with Gasteiger partial charge in [0.15, 0.2) is 5.69 Å². The predicted octanol–water partition coefficient (Wildman–Crippen LogP) is 0.192. The van der Waals surface area contributed by atoms with Crippen LogP contribution in [0.25, 0.3) is 0 Å². The third-order valence-corrected chi connectivity index (χ3v) is 2.66. The molecule has 1 aromatic heterocycles. The Bertz CT molecular complexity index is 488. The zero-order valence-corrected chi connectivity index (χ0v) is 9.14. The van der Waals surface area contributed by atoms with Crippen LogP contribution in [0, 0.1) is 0 Å². The highest BCUT2D eigenvalue weighted by Gasteiger charge is 2.29. The number of nitrogens with one attached hydrogen (secondary N) is 1. The van der Waals surface area contributed by atoms with E-state index in [1.807, 2.05) is 0 Å².